The summed E-state index contributed by atoms with van der Waals surface area (Å²) in [6.07, 6.45) is 1.72. The Morgan fingerprint density at radius 1 is 1.16 bits per heavy atom. The van der Waals surface area contributed by atoms with Crippen LogP contribution in [0.1, 0.15) is 23.3 Å². The lowest BCUT2D eigenvalue weighted by molar-refractivity contribution is 0.0977. The van der Waals surface area contributed by atoms with Crippen molar-refractivity contribution in [1.29, 1.82) is 0 Å². The number of hydrogen-bond acceptors (Lipinski definition) is 4. The van der Waals surface area contributed by atoms with Crippen LogP contribution in [0.2, 0.25) is 0 Å². The lowest BCUT2D eigenvalue weighted by Crippen LogP contribution is -2.07. The number of benzene rings is 1. The molecular formula is C14H15NO3S. The van der Waals surface area contributed by atoms with E-state index in [9.17, 15) is 13.2 Å². The summed E-state index contributed by atoms with van der Waals surface area (Å²) < 4.78 is 22.0. The minimum atomic E-state index is -3.01. The highest BCUT2D eigenvalue weighted by Crippen LogP contribution is 2.13. The van der Waals surface area contributed by atoms with Gasteiger partial charge in [-0.1, -0.05) is 24.3 Å². The minimum Gasteiger partial charge on any atom is -0.292 e. The van der Waals surface area contributed by atoms with Gasteiger partial charge in [0.15, 0.2) is 5.78 Å². The van der Waals surface area contributed by atoms with E-state index in [4.69, 9.17) is 0 Å². The van der Waals surface area contributed by atoms with E-state index in [1.165, 1.54) is 6.26 Å². The molecule has 0 N–H and O–H groups in total. The second-order valence-electron chi connectivity index (χ2n) is 4.55. The summed E-state index contributed by atoms with van der Waals surface area (Å²) in [7, 11) is -3.01. The summed E-state index contributed by atoms with van der Waals surface area (Å²) in [4.78, 5) is 16.2. The standard InChI is InChI=1S/C14H15NO3S/c1-19(17,18)10-4-7-14(16)13-9-8-11-5-2-3-6-12(11)15-13/h2-3,5-6,8-9H,4,7,10H2,1H3. The van der Waals surface area contributed by atoms with Crippen molar-refractivity contribution in [2.75, 3.05) is 12.0 Å². The van der Waals surface area contributed by atoms with E-state index in [-0.39, 0.29) is 18.0 Å². The molecule has 0 amide bonds. The van der Waals surface area contributed by atoms with Crippen LogP contribution in [-0.4, -0.2) is 31.2 Å². The van der Waals surface area contributed by atoms with Crippen molar-refractivity contribution < 1.29 is 13.2 Å². The van der Waals surface area contributed by atoms with Crippen LogP contribution in [0.3, 0.4) is 0 Å². The van der Waals surface area contributed by atoms with Crippen LogP contribution in [0.15, 0.2) is 36.4 Å². The van der Waals surface area contributed by atoms with Gasteiger partial charge in [0.1, 0.15) is 15.5 Å². The van der Waals surface area contributed by atoms with Gasteiger partial charge in [0.25, 0.3) is 0 Å². The Balaban J connectivity index is 2.09. The van der Waals surface area contributed by atoms with Gasteiger partial charge in [-0.15, -0.1) is 0 Å². The Hall–Kier alpha value is -1.75. The molecular weight excluding hydrogens is 262 g/mol. The predicted octanol–water partition coefficient (Wildman–Crippen LogP) is 2.24. The summed E-state index contributed by atoms with van der Waals surface area (Å²) in [5.74, 6) is -0.0822. The summed E-state index contributed by atoms with van der Waals surface area (Å²) in [5, 5.41) is 0.982. The molecule has 1 aromatic carbocycles. The normalized spacial score (nSPS) is 11.6. The molecule has 0 atom stereocenters. The third-order valence-corrected chi connectivity index (χ3v) is 3.83. The Morgan fingerprint density at radius 3 is 2.63 bits per heavy atom. The number of fused-ring (bicyclic) bond motifs is 1. The maximum atomic E-state index is 11.9. The van der Waals surface area contributed by atoms with Crippen molar-refractivity contribution in [3.63, 3.8) is 0 Å². The molecule has 0 fully saturated rings. The fourth-order valence-electron chi connectivity index (χ4n) is 1.84. The molecule has 5 heteroatoms. The Bertz CT molecular complexity index is 707. The highest BCUT2D eigenvalue weighted by molar-refractivity contribution is 7.90. The second kappa shape index (κ2) is 5.48. The molecule has 0 aliphatic rings. The average molecular weight is 277 g/mol. The number of carbonyl (C=O) groups is 1. The zero-order chi connectivity index (χ0) is 13.9. The van der Waals surface area contributed by atoms with Gasteiger partial charge >= 0.3 is 0 Å². The van der Waals surface area contributed by atoms with Crippen LogP contribution >= 0.6 is 0 Å². The SMILES string of the molecule is CS(=O)(=O)CCCC(=O)c1ccc2ccccc2n1. The van der Waals surface area contributed by atoms with Gasteiger partial charge in [-0.25, -0.2) is 13.4 Å². The average Bonchev–Trinajstić information content (AvgIpc) is 2.36. The number of hydrogen-bond donors (Lipinski definition) is 0. The number of aromatic nitrogens is 1. The molecule has 0 saturated heterocycles. The molecule has 0 aliphatic carbocycles. The molecule has 1 heterocycles. The number of pyridine rings is 1. The van der Waals surface area contributed by atoms with Gasteiger partial charge in [-0.3, -0.25) is 4.79 Å². The van der Waals surface area contributed by atoms with Crippen molar-refractivity contribution in [3.05, 3.63) is 42.1 Å². The van der Waals surface area contributed by atoms with Gasteiger partial charge in [-0.05, 0) is 18.6 Å². The van der Waals surface area contributed by atoms with E-state index >= 15 is 0 Å². The molecule has 0 unspecified atom stereocenters. The van der Waals surface area contributed by atoms with Gasteiger partial charge in [0, 0.05) is 18.1 Å². The first-order valence-corrected chi connectivity index (χ1v) is 8.08. The highest BCUT2D eigenvalue weighted by Gasteiger charge is 2.10. The fourth-order valence-corrected chi connectivity index (χ4v) is 2.51. The molecule has 0 spiro atoms. The molecule has 4 nitrogen and oxygen atoms in total. The molecule has 0 bridgehead atoms. The first kappa shape index (κ1) is 13.7. The van der Waals surface area contributed by atoms with Gasteiger partial charge < -0.3 is 0 Å². The predicted molar refractivity (Wildman–Crippen MR) is 75.0 cm³/mol. The van der Waals surface area contributed by atoms with Crippen LogP contribution in [0.4, 0.5) is 0 Å². The maximum Gasteiger partial charge on any atom is 0.181 e. The monoisotopic (exact) mass is 277 g/mol. The molecule has 19 heavy (non-hydrogen) atoms. The number of nitrogens with zero attached hydrogens (tertiary/aromatic N) is 1. The number of rotatable bonds is 5. The first-order valence-electron chi connectivity index (χ1n) is 6.02. The third kappa shape index (κ3) is 3.86. The summed E-state index contributed by atoms with van der Waals surface area (Å²) in [5.41, 5.74) is 1.17. The van der Waals surface area contributed by atoms with Crippen molar-refractivity contribution in [3.8, 4) is 0 Å². The number of sulfone groups is 1. The third-order valence-electron chi connectivity index (χ3n) is 2.80. The number of para-hydroxylation sites is 1. The van der Waals surface area contributed by atoms with Gasteiger partial charge in [-0.2, -0.15) is 0 Å². The molecule has 0 aliphatic heterocycles. The number of ketones is 1. The first-order chi connectivity index (χ1) is 8.96. The van der Waals surface area contributed by atoms with Crippen LogP contribution in [-0.2, 0) is 9.84 Å². The van der Waals surface area contributed by atoms with Gasteiger partial charge in [0.05, 0.1) is 11.3 Å². The largest absolute Gasteiger partial charge is 0.292 e. The second-order valence-corrected chi connectivity index (χ2v) is 6.81. The zero-order valence-corrected chi connectivity index (χ0v) is 11.5. The Kier molecular flexibility index (Phi) is 3.95. The van der Waals surface area contributed by atoms with E-state index in [1.54, 1.807) is 6.07 Å². The van der Waals surface area contributed by atoms with E-state index in [0.717, 1.165) is 10.9 Å². The van der Waals surface area contributed by atoms with E-state index in [0.29, 0.717) is 12.1 Å². The Labute approximate surface area is 112 Å². The summed E-state index contributed by atoms with van der Waals surface area (Å²) in [6, 6.07) is 11.1. The maximum absolute atomic E-state index is 11.9. The molecule has 0 saturated carbocycles. The van der Waals surface area contributed by atoms with Crippen LogP contribution in [0, 0.1) is 0 Å². The summed E-state index contributed by atoms with van der Waals surface area (Å²) >= 11 is 0. The molecule has 0 radical (unpaired) electrons. The van der Waals surface area contributed by atoms with E-state index < -0.39 is 9.84 Å². The topological polar surface area (TPSA) is 64.1 Å². The fraction of sp³-hybridized carbons (Fsp3) is 0.286. The van der Waals surface area contributed by atoms with Crippen molar-refractivity contribution >= 4 is 26.5 Å². The number of carbonyl (C=O) groups excluding carboxylic acids is 1. The van der Waals surface area contributed by atoms with Crippen molar-refractivity contribution in [2.24, 2.45) is 0 Å². The van der Waals surface area contributed by atoms with E-state index in [1.807, 2.05) is 30.3 Å². The van der Waals surface area contributed by atoms with Crippen LogP contribution < -0.4 is 0 Å². The number of Topliss-reactive ketones (excluding diaryl/α,β-unsaturated/α-hetero) is 1. The minimum absolute atomic E-state index is 0.0340. The van der Waals surface area contributed by atoms with Crippen molar-refractivity contribution in [1.82, 2.24) is 4.98 Å². The summed E-state index contributed by atoms with van der Waals surface area (Å²) in [6.45, 7) is 0. The zero-order valence-electron chi connectivity index (χ0n) is 10.7. The highest BCUT2D eigenvalue weighted by atomic mass is 32.2. The molecule has 2 aromatic rings. The quantitative estimate of drug-likeness (QED) is 0.786. The Morgan fingerprint density at radius 2 is 1.89 bits per heavy atom. The lowest BCUT2D eigenvalue weighted by Gasteiger charge is -2.02. The lowest BCUT2D eigenvalue weighted by atomic mass is 10.1. The van der Waals surface area contributed by atoms with Crippen molar-refractivity contribution in [2.45, 2.75) is 12.8 Å². The van der Waals surface area contributed by atoms with Gasteiger partial charge in [0.2, 0.25) is 0 Å². The molecule has 2 rings (SSSR count). The van der Waals surface area contributed by atoms with E-state index in [2.05, 4.69) is 4.98 Å². The van der Waals surface area contributed by atoms with Crippen LogP contribution in [0.25, 0.3) is 10.9 Å². The van der Waals surface area contributed by atoms with Crippen LogP contribution in [0.5, 0.6) is 0 Å². The molecule has 100 valence electrons. The molecule has 1 aromatic heterocycles. The smallest absolute Gasteiger partial charge is 0.181 e.